The van der Waals surface area contributed by atoms with E-state index in [0.717, 1.165) is 22.1 Å². The minimum absolute atomic E-state index is 0.197. The van der Waals surface area contributed by atoms with E-state index >= 15 is 0 Å². The first kappa shape index (κ1) is 26.7. The lowest BCUT2D eigenvalue weighted by atomic mass is 9.65. The van der Waals surface area contributed by atoms with E-state index < -0.39 is 17.6 Å². The molecule has 1 aliphatic carbocycles. The Bertz CT molecular complexity index is 1970. The smallest absolute Gasteiger partial charge is 0.339 e. The number of aromatic nitrogens is 6. The van der Waals surface area contributed by atoms with Crippen LogP contribution in [-0.2, 0) is 10.3 Å². The van der Waals surface area contributed by atoms with Crippen LogP contribution >= 0.6 is 0 Å². The SMILES string of the molecule is CC1CC(NC(=O)C(F)(F)F)(c2ccc(-c3nc4ccn5c(-c6ncccn6)nnc5c4cc3-c3ccccc3)cc2)C1. The molecule has 1 N–H and O–H groups in total. The second-order valence-corrected chi connectivity index (χ2v) is 10.9. The normalized spacial score (nSPS) is 18.5. The Morgan fingerprint density at radius 2 is 1.65 bits per heavy atom. The monoisotopic (exact) mass is 579 g/mol. The third-order valence-corrected chi connectivity index (χ3v) is 7.94. The molecule has 11 heteroatoms. The molecule has 0 saturated heterocycles. The van der Waals surface area contributed by atoms with E-state index in [1.807, 2.05) is 72.1 Å². The molecule has 1 aliphatic rings. The van der Waals surface area contributed by atoms with Gasteiger partial charge in [0.25, 0.3) is 0 Å². The van der Waals surface area contributed by atoms with Crippen LogP contribution in [0.1, 0.15) is 25.3 Å². The molecule has 1 saturated carbocycles. The molecule has 6 aromatic rings. The summed E-state index contributed by atoms with van der Waals surface area (Å²) in [5, 5.41) is 11.8. The summed E-state index contributed by atoms with van der Waals surface area (Å²) in [5.41, 5.74) is 4.16. The maximum atomic E-state index is 13.1. The van der Waals surface area contributed by atoms with Gasteiger partial charge in [-0.3, -0.25) is 9.20 Å². The van der Waals surface area contributed by atoms with Crippen LogP contribution in [0.25, 0.3) is 50.6 Å². The van der Waals surface area contributed by atoms with Crippen LogP contribution < -0.4 is 5.32 Å². The maximum absolute atomic E-state index is 13.1. The minimum Gasteiger partial charge on any atom is -0.339 e. The molecule has 0 spiro atoms. The Kier molecular flexibility index (Phi) is 6.19. The molecule has 4 aromatic heterocycles. The van der Waals surface area contributed by atoms with Crippen LogP contribution in [0.3, 0.4) is 0 Å². The fourth-order valence-electron chi connectivity index (χ4n) is 6.00. The largest absolute Gasteiger partial charge is 0.471 e. The lowest BCUT2D eigenvalue weighted by Crippen LogP contribution is -2.57. The van der Waals surface area contributed by atoms with Gasteiger partial charge in [0.15, 0.2) is 11.5 Å². The van der Waals surface area contributed by atoms with Crippen molar-refractivity contribution >= 4 is 22.5 Å². The van der Waals surface area contributed by atoms with Gasteiger partial charge in [-0.2, -0.15) is 13.2 Å². The topological polar surface area (TPSA) is 98.0 Å². The number of carbonyl (C=O) groups is 1. The third kappa shape index (κ3) is 4.66. The first-order chi connectivity index (χ1) is 20.7. The number of hydrogen-bond donors (Lipinski definition) is 1. The van der Waals surface area contributed by atoms with Gasteiger partial charge >= 0.3 is 12.1 Å². The van der Waals surface area contributed by atoms with Crippen molar-refractivity contribution in [1.29, 1.82) is 0 Å². The van der Waals surface area contributed by atoms with E-state index in [1.165, 1.54) is 0 Å². The van der Waals surface area contributed by atoms with Crippen molar-refractivity contribution in [3.63, 3.8) is 0 Å². The summed E-state index contributed by atoms with van der Waals surface area (Å²) in [5.74, 6) is -0.765. The van der Waals surface area contributed by atoms with Gasteiger partial charge in [-0.25, -0.2) is 15.0 Å². The van der Waals surface area contributed by atoms with Crippen LogP contribution in [0.15, 0.2) is 91.4 Å². The van der Waals surface area contributed by atoms with Crippen LogP contribution in [-0.4, -0.2) is 41.6 Å². The fraction of sp³-hybridized carbons (Fsp3) is 0.188. The van der Waals surface area contributed by atoms with Crippen LogP contribution in [0, 0.1) is 5.92 Å². The van der Waals surface area contributed by atoms with Crippen molar-refractivity contribution in [2.24, 2.45) is 5.92 Å². The zero-order chi connectivity index (χ0) is 29.8. The molecule has 0 aliphatic heterocycles. The van der Waals surface area contributed by atoms with Gasteiger partial charge in [0.2, 0.25) is 5.82 Å². The summed E-state index contributed by atoms with van der Waals surface area (Å²) in [4.78, 5) is 25.5. The van der Waals surface area contributed by atoms with Crippen molar-refractivity contribution in [3.05, 3.63) is 97.0 Å². The van der Waals surface area contributed by atoms with Gasteiger partial charge in [0.1, 0.15) is 0 Å². The van der Waals surface area contributed by atoms with Crippen molar-refractivity contribution in [2.75, 3.05) is 0 Å². The van der Waals surface area contributed by atoms with Crippen LogP contribution in [0.5, 0.6) is 0 Å². The number of halogens is 3. The quantitative estimate of drug-likeness (QED) is 0.255. The third-order valence-electron chi connectivity index (χ3n) is 7.94. The van der Waals surface area contributed by atoms with E-state index in [-0.39, 0.29) is 5.92 Å². The van der Waals surface area contributed by atoms with E-state index in [4.69, 9.17) is 4.98 Å². The summed E-state index contributed by atoms with van der Waals surface area (Å²) in [6.07, 6.45) is 1.04. The lowest BCUT2D eigenvalue weighted by molar-refractivity contribution is -0.177. The molecule has 8 nitrogen and oxygen atoms in total. The number of alkyl halides is 3. The predicted molar refractivity (Wildman–Crippen MR) is 154 cm³/mol. The highest BCUT2D eigenvalue weighted by Gasteiger charge is 2.49. The average Bonchev–Trinajstić information content (AvgIpc) is 3.45. The average molecular weight is 580 g/mol. The summed E-state index contributed by atoms with van der Waals surface area (Å²) < 4.78 is 41.2. The van der Waals surface area contributed by atoms with E-state index in [9.17, 15) is 18.0 Å². The van der Waals surface area contributed by atoms with E-state index in [1.54, 1.807) is 30.6 Å². The molecular weight excluding hydrogens is 555 g/mol. The Balaban J connectivity index is 1.34. The van der Waals surface area contributed by atoms with Crippen molar-refractivity contribution in [1.82, 2.24) is 34.9 Å². The fourth-order valence-corrected chi connectivity index (χ4v) is 6.00. The summed E-state index contributed by atoms with van der Waals surface area (Å²) in [6, 6.07) is 22.7. The van der Waals surface area contributed by atoms with Gasteiger partial charge in [-0.05, 0) is 48.1 Å². The molecule has 0 bridgehead atoms. The standard InChI is InChI=1S/C32H24F3N7O/c1-19-17-31(18-19,39-30(43)32(33,34)35)22-10-8-21(9-11-22)26-23(20-6-3-2-4-7-20)16-24-25(38-26)12-15-42-28(24)40-41-29(42)27-36-13-5-14-37-27/h2-16,19H,17-18H2,1H3,(H,39,43). The summed E-state index contributed by atoms with van der Waals surface area (Å²) in [7, 11) is 0. The number of rotatable bonds is 5. The molecule has 0 radical (unpaired) electrons. The second kappa shape index (κ2) is 9.97. The predicted octanol–water partition coefficient (Wildman–Crippen LogP) is 6.37. The van der Waals surface area contributed by atoms with Gasteiger partial charge in [0, 0.05) is 35.1 Å². The highest BCUT2D eigenvalue weighted by molar-refractivity contribution is 5.98. The lowest BCUT2D eigenvalue weighted by Gasteiger charge is -2.47. The van der Waals surface area contributed by atoms with Crippen LogP contribution in [0.4, 0.5) is 13.2 Å². The van der Waals surface area contributed by atoms with Crippen molar-refractivity contribution < 1.29 is 18.0 Å². The van der Waals surface area contributed by atoms with E-state index in [0.29, 0.717) is 46.9 Å². The minimum atomic E-state index is -4.95. The molecule has 214 valence electrons. The van der Waals surface area contributed by atoms with Crippen molar-refractivity contribution in [3.8, 4) is 34.0 Å². The van der Waals surface area contributed by atoms with Gasteiger partial charge in [-0.1, -0.05) is 61.5 Å². The first-order valence-corrected chi connectivity index (χ1v) is 13.7. The van der Waals surface area contributed by atoms with Gasteiger partial charge < -0.3 is 5.32 Å². The number of amides is 1. The Morgan fingerprint density at radius 1 is 0.930 bits per heavy atom. The number of nitrogens with one attached hydrogen (secondary N) is 1. The number of fused-ring (bicyclic) bond motifs is 3. The highest BCUT2D eigenvalue weighted by Crippen LogP contribution is 2.46. The zero-order valence-corrected chi connectivity index (χ0v) is 22.9. The number of benzene rings is 2. The van der Waals surface area contributed by atoms with E-state index in [2.05, 4.69) is 25.5 Å². The van der Waals surface area contributed by atoms with Crippen LogP contribution in [0.2, 0.25) is 0 Å². The molecule has 0 unspecified atom stereocenters. The molecule has 2 aromatic carbocycles. The summed E-state index contributed by atoms with van der Waals surface area (Å²) in [6.45, 7) is 1.96. The molecular formula is C32H24F3N7O. The molecule has 43 heavy (non-hydrogen) atoms. The number of carbonyl (C=O) groups excluding carboxylic acids is 1. The molecule has 1 amide bonds. The Morgan fingerprint density at radius 3 is 2.33 bits per heavy atom. The zero-order valence-electron chi connectivity index (χ0n) is 22.9. The number of nitrogens with zero attached hydrogens (tertiary/aromatic N) is 6. The maximum Gasteiger partial charge on any atom is 0.471 e. The Hall–Kier alpha value is -5.19. The first-order valence-electron chi connectivity index (χ1n) is 13.7. The molecule has 4 heterocycles. The van der Waals surface area contributed by atoms with Crippen molar-refractivity contribution in [2.45, 2.75) is 31.5 Å². The Labute approximate surface area is 243 Å². The highest BCUT2D eigenvalue weighted by atomic mass is 19.4. The molecule has 1 fully saturated rings. The number of hydrogen-bond acceptors (Lipinski definition) is 6. The molecule has 0 atom stereocenters. The molecule has 7 rings (SSSR count). The summed E-state index contributed by atoms with van der Waals surface area (Å²) >= 11 is 0. The van der Waals surface area contributed by atoms with Gasteiger partial charge in [-0.15, -0.1) is 10.2 Å². The second-order valence-electron chi connectivity index (χ2n) is 10.9. The number of pyridine rings is 2. The van der Waals surface area contributed by atoms with Gasteiger partial charge in [0.05, 0.1) is 16.7 Å².